The number of methoxy groups -OCH3 is 1. The molecule has 2 aromatic carbocycles. The Morgan fingerprint density at radius 1 is 1.10 bits per heavy atom. The topological polar surface area (TPSA) is 71.3 Å². The molecule has 5 nitrogen and oxygen atoms in total. The minimum absolute atomic E-state index is 0.222. The highest BCUT2D eigenvalue weighted by Gasteiger charge is 2.08. The molecule has 0 atom stereocenters. The molecular weight excluding hydrogens is 270 g/mol. The Kier molecular flexibility index (Phi) is 4.66. The highest BCUT2D eigenvalue weighted by molar-refractivity contribution is 5.98. The Morgan fingerprint density at radius 2 is 1.81 bits per heavy atom. The van der Waals surface area contributed by atoms with Crippen molar-refractivity contribution in [1.82, 2.24) is 0 Å². The summed E-state index contributed by atoms with van der Waals surface area (Å²) in [6, 6.07) is 12.1. The van der Waals surface area contributed by atoms with Gasteiger partial charge in [-0.15, -0.1) is 0 Å². The molecule has 0 aliphatic carbocycles. The number of phenolic OH excluding ortho intramolecular Hbond substituents is 1. The molecule has 2 rings (SSSR count). The van der Waals surface area contributed by atoms with Crippen LogP contribution in [-0.2, 0) is 6.61 Å². The van der Waals surface area contributed by atoms with Gasteiger partial charge in [0.2, 0.25) is 0 Å². The Morgan fingerprint density at radius 3 is 2.43 bits per heavy atom. The van der Waals surface area contributed by atoms with Gasteiger partial charge < -0.3 is 19.8 Å². The van der Waals surface area contributed by atoms with Crippen LogP contribution in [-0.4, -0.2) is 23.1 Å². The number of benzene rings is 2. The van der Waals surface area contributed by atoms with Gasteiger partial charge >= 0.3 is 0 Å². The van der Waals surface area contributed by atoms with Gasteiger partial charge in [0.05, 0.1) is 12.8 Å². The molecule has 0 heterocycles. The van der Waals surface area contributed by atoms with Crippen LogP contribution in [0.2, 0.25) is 0 Å². The minimum atomic E-state index is 0.222. The van der Waals surface area contributed by atoms with Crippen LogP contribution in [0, 0.1) is 0 Å². The molecule has 2 aromatic rings. The smallest absolute Gasteiger partial charge is 0.161 e. The summed E-state index contributed by atoms with van der Waals surface area (Å²) < 4.78 is 11.0. The molecule has 21 heavy (non-hydrogen) atoms. The fourth-order valence-electron chi connectivity index (χ4n) is 1.82. The third kappa shape index (κ3) is 3.66. The summed E-state index contributed by atoms with van der Waals surface area (Å²) in [5.41, 5.74) is 2.19. The van der Waals surface area contributed by atoms with Gasteiger partial charge in [0.25, 0.3) is 0 Å². The van der Waals surface area contributed by atoms with Crippen LogP contribution in [0.25, 0.3) is 0 Å². The fraction of sp³-hybridized carbons (Fsp3) is 0.188. The van der Waals surface area contributed by atoms with Crippen molar-refractivity contribution in [3.05, 3.63) is 53.6 Å². The van der Waals surface area contributed by atoms with Crippen LogP contribution >= 0.6 is 0 Å². The Hall–Kier alpha value is -2.69. The number of aromatic hydroxyl groups is 1. The zero-order chi connectivity index (χ0) is 15.2. The van der Waals surface area contributed by atoms with Crippen molar-refractivity contribution < 1.29 is 19.8 Å². The predicted octanol–water partition coefficient (Wildman–Crippen LogP) is 3.18. The van der Waals surface area contributed by atoms with Gasteiger partial charge in [-0.05, 0) is 42.8 Å². The number of nitrogens with zero attached hydrogens (tertiary/aromatic N) is 1. The zero-order valence-corrected chi connectivity index (χ0v) is 11.9. The molecule has 0 aliphatic rings. The summed E-state index contributed by atoms with van der Waals surface area (Å²) in [5.74, 6) is 1.38. The van der Waals surface area contributed by atoms with Crippen molar-refractivity contribution in [2.24, 2.45) is 5.16 Å². The number of oxime groups is 1. The van der Waals surface area contributed by atoms with Crippen molar-refractivity contribution >= 4 is 5.71 Å². The van der Waals surface area contributed by atoms with Crippen molar-refractivity contribution in [2.45, 2.75) is 13.5 Å². The second kappa shape index (κ2) is 6.65. The van der Waals surface area contributed by atoms with Gasteiger partial charge in [-0.2, -0.15) is 0 Å². The fourth-order valence-corrected chi connectivity index (χ4v) is 1.82. The maximum atomic E-state index is 9.24. The first kappa shape index (κ1) is 14.7. The van der Waals surface area contributed by atoms with E-state index in [9.17, 15) is 5.11 Å². The molecular formula is C16H17NO4. The van der Waals surface area contributed by atoms with Crippen molar-refractivity contribution in [3.8, 4) is 17.2 Å². The monoisotopic (exact) mass is 287 g/mol. The lowest BCUT2D eigenvalue weighted by Crippen LogP contribution is -2.00. The van der Waals surface area contributed by atoms with E-state index in [2.05, 4.69) is 5.16 Å². The van der Waals surface area contributed by atoms with Gasteiger partial charge in [0, 0.05) is 5.56 Å². The zero-order valence-electron chi connectivity index (χ0n) is 11.9. The molecule has 2 N–H and O–H groups in total. The third-order valence-corrected chi connectivity index (χ3v) is 3.06. The number of ether oxygens (including phenoxy) is 2. The number of hydrogen-bond donors (Lipinski definition) is 2. The maximum absolute atomic E-state index is 9.24. The van der Waals surface area contributed by atoms with Crippen LogP contribution in [0.3, 0.4) is 0 Å². The molecule has 0 saturated carbocycles. The lowest BCUT2D eigenvalue weighted by Gasteiger charge is -2.12. The Bertz CT molecular complexity index is 635. The first-order chi connectivity index (χ1) is 10.1. The average molecular weight is 287 g/mol. The van der Waals surface area contributed by atoms with Crippen LogP contribution in [0.5, 0.6) is 17.2 Å². The maximum Gasteiger partial charge on any atom is 0.161 e. The van der Waals surface area contributed by atoms with Crippen molar-refractivity contribution in [3.63, 3.8) is 0 Å². The summed E-state index contributed by atoms with van der Waals surface area (Å²) in [5, 5.41) is 21.2. The molecule has 110 valence electrons. The summed E-state index contributed by atoms with van der Waals surface area (Å²) in [7, 11) is 1.55. The van der Waals surface area contributed by atoms with Crippen LogP contribution in [0.4, 0.5) is 0 Å². The third-order valence-electron chi connectivity index (χ3n) is 3.06. The van der Waals surface area contributed by atoms with Crippen molar-refractivity contribution in [1.29, 1.82) is 0 Å². The van der Waals surface area contributed by atoms with Gasteiger partial charge in [-0.25, -0.2) is 0 Å². The molecule has 0 fully saturated rings. The molecule has 0 aromatic heterocycles. The molecule has 0 amide bonds. The van der Waals surface area contributed by atoms with Crippen LogP contribution in [0.15, 0.2) is 47.6 Å². The van der Waals surface area contributed by atoms with E-state index in [1.54, 1.807) is 56.5 Å². The van der Waals surface area contributed by atoms with Crippen LogP contribution in [0.1, 0.15) is 18.1 Å². The second-order valence-corrected chi connectivity index (χ2v) is 4.51. The molecule has 0 unspecified atom stereocenters. The van der Waals surface area contributed by atoms with E-state index in [0.717, 1.165) is 11.1 Å². The quantitative estimate of drug-likeness (QED) is 0.503. The number of hydrogen-bond acceptors (Lipinski definition) is 5. The van der Waals surface area contributed by atoms with E-state index >= 15 is 0 Å². The van der Waals surface area contributed by atoms with E-state index in [1.807, 2.05) is 0 Å². The highest BCUT2D eigenvalue weighted by Crippen LogP contribution is 2.29. The number of rotatable bonds is 5. The first-order valence-corrected chi connectivity index (χ1v) is 6.42. The van der Waals surface area contributed by atoms with E-state index in [-0.39, 0.29) is 5.75 Å². The van der Waals surface area contributed by atoms with Gasteiger partial charge in [0.1, 0.15) is 12.4 Å². The molecule has 0 radical (unpaired) electrons. The van der Waals surface area contributed by atoms with E-state index in [1.165, 1.54) is 0 Å². The van der Waals surface area contributed by atoms with Crippen LogP contribution < -0.4 is 9.47 Å². The predicted molar refractivity (Wildman–Crippen MR) is 79.4 cm³/mol. The minimum Gasteiger partial charge on any atom is -0.508 e. The standard InChI is InChI=1S/C16H17NO4/c1-11(17-19)13-5-8-15(16(9-13)20-2)21-10-12-3-6-14(18)7-4-12/h3-9,18-19H,10H2,1-2H3/b17-11+. The Labute approximate surface area is 123 Å². The van der Waals surface area contributed by atoms with E-state index in [0.29, 0.717) is 23.8 Å². The van der Waals surface area contributed by atoms with Gasteiger partial charge in [-0.1, -0.05) is 17.3 Å². The molecule has 0 aliphatic heterocycles. The van der Waals surface area contributed by atoms with Gasteiger partial charge in [-0.3, -0.25) is 0 Å². The summed E-state index contributed by atoms with van der Waals surface area (Å²) in [4.78, 5) is 0. The average Bonchev–Trinajstić information content (AvgIpc) is 2.53. The number of phenols is 1. The SMILES string of the molecule is COc1cc(/C(C)=N/O)ccc1OCc1ccc(O)cc1. The largest absolute Gasteiger partial charge is 0.508 e. The summed E-state index contributed by atoms with van der Waals surface area (Å²) in [6.07, 6.45) is 0. The molecule has 0 bridgehead atoms. The highest BCUT2D eigenvalue weighted by atomic mass is 16.5. The second-order valence-electron chi connectivity index (χ2n) is 4.51. The lowest BCUT2D eigenvalue weighted by atomic mass is 10.1. The summed E-state index contributed by atoms with van der Waals surface area (Å²) in [6.45, 7) is 2.06. The van der Waals surface area contributed by atoms with Crippen molar-refractivity contribution in [2.75, 3.05) is 7.11 Å². The molecule has 0 saturated heterocycles. The van der Waals surface area contributed by atoms with Gasteiger partial charge in [0.15, 0.2) is 11.5 Å². The molecule has 5 heteroatoms. The lowest BCUT2D eigenvalue weighted by molar-refractivity contribution is 0.284. The Balaban J connectivity index is 2.14. The first-order valence-electron chi connectivity index (χ1n) is 6.42. The normalized spacial score (nSPS) is 11.2. The molecule has 0 spiro atoms. The van der Waals surface area contributed by atoms with E-state index < -0.39 is 0 Å². The summed E-state index contributed by atoms with van der Waals surface area (Å²) >= 11 is 0. The van der Waals surface area contributed by atoms with E-state index in [4.69, 9.17) is 14.7 Å².